The van der Waals surface area contributed by atoms with Crippen molar-refractivity contribution in [1.29, 1.82) is 0 Å². The van der Waals surface area contributed by atoms with Crippen molar-refractivity contribution in [1.82, 2.24) is 4.90 Å². The van der Waals surface area contributed by atoms with Crippen molar-refractivity contribution in [2.75, 3.05) is 21.3 Å². The van der Waals surface area contributed by atoms with Crippen LogP contribution in [0, 0.1) is 0 Å². The van der Waals surface area contributed by atoms with E-state index in [2.05, 4.69) is 5.16 Å². The Morgan fingerprint density at radius 2 is 1.90 bits per heavy atom. The molecule has 0 saturated carbocycles. The van der Waals surface area contributed by atoms with Crippen LogP contribution >= 0.6 is 0 Å². The maximum Gasteiger partial charge on any atom is 0.261 e. The van der Waals surface area contributed by atoms with Crippen LogP contribution in [0.25, 0.3) is 0 Å². The van der Waals surface area contributed by atoms with E-state index in [1.54, 1.807) is 32.2 Å². The molecule has 7 nitrogen and oxygen atoms in total. The highest BCUT2D eigenvalue weighted by atomic mass is 16.5. The van der Waals surface area contributed by atoms with Gasteiger partial charge in [-0.15, -0.1) is 0 Å². The molecule has 0 aliphatic heterocycles. The molecule has 1 unspecified atom stereocenters. The third kappa shape index (κ3) is 3.77. The largest absolute Gasteiger partial charge is 0.496 e. The third-order valence-electron chi connectivity index (χ3n) is 3.26. The number of methoxy groups -OCH3 is 2. The lowest BCUT2D eigenvalue weighted by atomic mass is 10.1. The van der Waals surface area contributed by atoms with E-state index in [0.29, 0.717) is 17.1 Å². The third-order valence-corrected chi connectivity index (χ3v) is 3.26. The summed E-state index contributed by atoms with van der Waals surface area (Å²) >= 11 is 0. The molecule has 0 fully saturated rings. The van der Waals surface area contributed by atoms with E-state index in [0.717, 1.165) is 0 Å². The molecule has 3 N–H and O–H groups in total. The van der Waals surface area contributed by atoms with Gasteiger partial charge in [0.15, 0.2) is 0 Å². The van der Waals surface area contributed by atoms with Crippen molar-refractivity contribution in [3.8, 4) is 11.5 Å². The summed E-state index contributed by atoms with van der Waals surface area (Å²) in [5.74, 6) is 0.668. The van der Waals surface area contributed by atoms with E-state index in [9.17, 15) is 4.79 Å². The van der Waals surface area contributed by atoms with Crippen LogP contribution in [0.15, 0.2) is 23.4 Å². The smallest absolute Gasteiger partial charge is 0.261 e. The minimum atomic E-state index is -0.262. The quantitative estimate of drug-likeness (QED) is 0.357. The fourth-order valence-corrected chi connectivity index (χ4v) is 1.92. The molecule has 0 heterocycles. The van der Waals surface area contributed by atoms with Crippen LogP contribution in [0.5, 0.6) is 11.5 Å². The van der Waals surface area contributed by atoms with Gasteiger partial charge in [0.2, 0.25) is 0 Å². The van der Waals surface area contributed by atoms with Crippen LogP contribution in [-0.2, 0) is 0 Å². The molecule has 0 bridgehead atoms. The van der Waals surface area contributed by atoms with Gasteiger partial charge in [-0.25, -0.2) is 0 Å². The fourth-order valence-electron chi connectivity index (χ4n) is 1.92. The molecule has 1 amide bonds. The Hall–Kier alpha value is -2.44. The SMILES string of the molecule is COc1cccc(OC)c1C(=O)N(C)C(C)CC(N)=NO. The average molecular weight is 295 g/mol. The summed E-state index contributed by atoms with van der Waals surface area (Å²) in [7, 11) is 4.63. The summed E-state index contributed by atoms with van der Waals surface area (Å²) in [5, 5.41) is 11.5. The van der Waals surface area contributed by atoms with Gasteiger partial charge in [-0.2, -0.15) is 0 Å². The molecule has 0 aromatic heterocycles. The van der Waals surface area contributed by atoms with Gasteiger partial charge in [0.1, 0.15) is 22.9 Å². The zero-order valence-corrected chi connectivity index (χ0v) is 12.7. The van der Waals surface area contributed by atoms with Crippen LogP contribution in [0.3, 0.4) is 0 Å². The van der Waals surface area contributed by atoms with Gasteiger partial charge in [0.25, 0.3) is 5.91 Å². The number of nitrogens with zero attached hydrogens (tertiary/aromatic N) is 2. The summed E-state index contributed by atoms with van der Waals surface area (Å²) in [6.45, 7) is 1.80. The number of benzene rings is 1. The highest BCUT2D eigenvalue weighted by molar-refractivity contribution is 6.00. The summed E-state index contributed by atoms with van der Waals surface area (Å²) in [4.78, 5) is 14.1. The molecular formula is C14H21N3O4. The zero-order valence-electron chi connectivity index (χ0n) is 12.7. The second kappa shape index (κ2) is 7.37. The predicted molar refractivity (Wildman–Crippen MR) is 79.1 cm³/mol. The normalized spacial score (nSPS) is 12.7. The standard InChI is InChI=1S/C14H21N3O4/c1-9(8-12(15)16-19)17(2)14(18)13-10(20-3)6-5-7-11(13)21-4/h5-7,9,19H,8H2,1-4H3,(H2,15,16). The molecule has 0 aliphatic carbocycles. The predicted octanol–water partition coefficient (Wildman–Crippen LogP) is 1.30. The average Bonchev–Trinajstić information content (AvgIpc) is 2.52. The number of oxime groups is 1. The highest BCUT2D eigenvalue weighted by Crippen LogP contribution is 2.29. The van der Waals surface area contributed by atoms with Crippen LogP contribution in [0.4, 0.5) is 0 Å². The molecule has 0 spiro atoms. The topological polar surface area (TPSA) is 97.4 Å². The molecule has 1 atom stereocenters. The van der Waals surface area contributed by atoms with E-state index in [-0.39, 0.29) is 24.2 Å². The minimum absolute atomic E-state index is 0.0640. The Bertz CT molecular complexity index is 509. The van der Waals surface area contributed by atoms with Crippen LogP contribution < -0.4 is 15.2 Å². The molecule has 1 aromatic carbocycles. The van der Waals surface area contributed by atoms with E-state index in [1.165, 1.54) is 19.1 Å². The second-order valence-electron chi connectivity index (χ2n) is 4.60. The summed E-state index contributed by atoms with van der Waals surface area (Å²) < 4.78 is 10.5. The highest BCUT2D eigenvalue weighted by Gasteiger charge is 2.25. The van der Waals surface area contributed by atoms with E-state index in [1.807, 2.05) is 0 Å². The van der Waals surface area contributed by atoms with Crippen LogP contribution in [-0.4, -0.2) is 49.2 Å². The fraction of sp³-hybridized carbons (Fsp3) is 0.429. The Morgan fingerprint density at radius 3 is 2.33 bits per heavy atom. The van der Waals surface area contributed by atoms with Crippen molar-refractivity contribution in [3.05, 3.63) is 23.8 Å². The Balaban J connectivity index is 3.07. The van der Waals surface area contributed by atoms with Crippen LogP contribution in [0.1, 0.15) is 23.7 Å². The van der Waals surface area contributed by atoms with Gasteiger partial charge in [0.05, 0.1) is 14.2 Å². The Morgan fingerprint density at radius 1 is 1.38 bits per heavy atom. The van der Waals surface area contributed by atoms with Gasteiger partial charge < -0.3 is 25.3 Å². The van der Waals surface area contributed by atoms with Crippen molar-refractivity contribution in [3.63, 3.8) is 0 Å². The first-order chi connectivity index (χ1) is 9.96. The molecule has 1 aromatic rings. The van der Waals surface area contributed by atoms with Gasteiger partial charge in [-0.05, 0) is 19.1 Å². The number of hydrogen-bond donors (Lipinski definition) is 2. The summed E-state index contributed by atoms with van der Waals surface area (Å²) in [5.41, 5.74) is 5.82. The Kier molecular flexibility index (Phi) is 5.83. The number of amidine groups is 1. The van der Waals surface area contributed by atoms with Crippen LogP contribution in [0.2, 0.25) is 0 Å². The number of nitrogens with two attached hydrogens (primary N) is 1. The number of ether oxygens (including phenoxy) is 2. The maximum atomic E-state index is 12.6. The second-order valence-corrected chi connectivity index (χ2v) is 4.60. The molecule has 116 valence electrons. The molecule has 0 saturated heterocycles. The molecule has 7 heteroatoms. The Labute approximate surface area is 123 Å². The summed E-state index contributed by atoms with van der Waals surface area (Å²) in [6.07, 6.45) is 0.260. The monoisotopic (exact) mass is 295 g/mol. The van der Waals surface area contributed by atoms with Gasteiger partial charge >= 0.3 is 0 Å². The van der Waals surface area contributed by atoms with E-state index >= 15 is 0 Å². The zero-order chi connectivity index (χ0) is 16.0. The first-order valence-electron chi connectivity index (χ1n) is 6.40. The minimum Gasteiger partial charge on any atom is -0.496 e. The summed E-state index contributed by atoms with van der Waals surface area (Å²) in [6, 6.07) is 4.88. The molecular weight excluding hydrogens is 274 g/mol. The van der Waals surface area contributed by atoms with E-state index in [4.69, 9.17) is 20.4 Å². The van der Waals surface area contributed by atoms with Crippen molar-refractivity contribution >= 4 is 11.7 Å². The molecule has 0 aliphatic rings. The number of amides is 1. The van der Waals surface area contributed by atoms with Crippen molar-refractivity contribution in [2.24, 2.45) is 10.9 Å². The van der Waals surface area contributed by atoms with Gasteiger partial charge in [0, 0.05) is 19.5 Å². The first kappa shape index (κ1) is 16.6. The number of carbonyl (C=O) groups is 1. The number of hydrogen-bond acceptors (Lipinski definition) is 5. The molecule has 21 heavy (non-hydrogen) atoms. The van der Waals surface area contributed by atoms with Gasteiger partial charge in [-0.1, -0.05) is 11.2 Å². The number of rotatable bonds is 6. The lowest BCUT2D eigenvalue weighted by Crippen LogP contribution is -2.38. The van der Waals surface area contributed by atoms with Crippen molar-refractivity contribution < 1.29 is 19.5 Å². The van der Waals surface area contributed by atoms with Gasteiger partial charge in [-0.3, -0.25) is 4.79 Å². The lowest BCUT2D eigenvalue weighted by molar-refractivity contribution is 0.0740. The van der Waals surface area contributed by atoms with E-state index < -0.39 is 0 Å². The first-order valence-corrected chi connectivity index (χ1v) is 6.40. The number of carbonyl (C=O) groups excluding carboxylic acids is 1. The van der Waals surface area contributed by atoms with Crippen molar-refractivity contribution in [2.45, 2.75) is 19.4 Å². The molecule has 0 radical (unpaired) electrons. The maximum absolute atomic E-state index is 12.6. The lowest BCUT2D eigenvalue weighted by Gasteiger charge is -2.26. The molecule has 1 rings (SSSR count).